The van der Waals surface area contributed by atoms with Crippen molar-refractivity contribution in [3.8, 4) is 0 Å². The van der Waals surface area contributed by atoms with E-state index < -0.39 is 0 Å². The van der Waals surface area contributed by atoms with Gasteiger partial charge in [-0.15, -0.1) is 0 Å². The van der Waals surface area contributed by atoms with Gasteiger partial charge in [0.15, 0.2) is 0 Å². The highest BCUT2D eigenvalue weighted by atomic mass is 16.1. The molecular weight excluding hydrogens is 252 g/mol. The second kappa shape index (κ2) is 7.89. The first-order valence-corrected chi connectivity index (χ1v) is 6.44. The fourth-order valence-corrected chi connectivity index (χ4v) is 1.58. The average Bonchev–Trinajstić information content (AvgIpc) is 2.47. The summed E-state index contributed by atoms with van der Waals surface area (Å²) in [5.41, 5.74) is 1.93. The van der Waals surface area contributed by atoms with Crippen molar-refractivity contribution in [3.05, 3.63) is 54.2 Å². The largest absolute Gasteiger partial charge is 0.355 e. The van der Waals surface area contributed by atoms with Crippen molar-refractivity contribution < 1.29 is 4.79 Å². The Morgan fingerprint density at radius 1 is 1.50 bits per heavy atom. The Balaban J connectivity index is 2.99. The molecule has 0 spiro atoms. The minimum atomic E-state index is -0.201. The first-order valence-electron chi connectivity index (χ1n) is 6.44. The summed E-state index contributed by atoms with van der Waals surface area (Å²) in [6, 6.07) is 0. The lowest BCUT2D eigenvalue weighted by molar-refractivity contribution is -0.116. The molecule has 0 atom stereocenters. The summed E-state index contributed by atoms with van der Waals surface area (Å²) in [5, 5.41) is 5.67. The maximum absolute atomic E-state index is 11.9. The van der Waals surface area contributed by atoms with Gasteiger partial charge in [-0.3, -0.25) is 4.79 Å². The van der Waals surface area contributed by atoms with Crippen molar-refractivity contribution in [2.75, 3.05) is 12.4 Å². The lowest BCUT2D eigenvalue weighted by atomic mass is 10.1. The zero-order valence-electron chi connectivity index (χ0n) is 12.1. The SMILES string of the molecule is C=C(Nc1ncncc1CC)/C(=C\C=C/C)C(=O)NC. The van der Waals surface area contributed by atoms with Crippen LogP contribution in [0.25, 0.3) is 0 Å². The monoisotopic (exact) mass is 272 g/mol. The van der Waals surface area contributed by atoms with Gasteiger partial charge in [-0.1, -0.05) is 25.7 Å². The number of amides is 1. The van der Waals surface area contributed by atoms with E-state index in [9.17, 15) is 4.79 Å². The Morgan fingerprint density at radius 2 is 2.25 bits per heavy atom. The van der Waals surface area contributed by atoms with E-state index in [2.05, 4.69) is 27.2 Å². The second-order valence-corrected chi connectivity index (χ2v) is 4.04. The molecule has 106 valence electrons. The number of hydrogen-bond acceptors (Lipinski definition) is 4. The third-order valence-corrected chi connectivity index (χ3v) is 2.69. The van der Waals surface area contributed by atoms with Gasteiger partial charge in [0.2, 0.25) is 0 Å². The van der Waals surface area contributed by atoms with Gasteiger partial charge in [-0.25, -0.2) is 9.97 Å². The Bertz CT molecular complexity index is 547. The van der Waals surface area contributed by atoms with Crippen molar-refractivity contribution in [3.63, 3.8) is 0 Å². The number of nitrogens with zero attached hydrogens (tertiary/aromatic N) is 2. The quantitative estimate of drug-likeness (QED) is 0.615. The first-order chi connectivity index (χ1) is 9.63. The van der Waals surface area contributed by atoms with Gasteiger partial charge >= 0.3 is 0 Å². The van der Waals surface area contributed by atoms with E-state index in [-0.39, 0.29) is 5.91 Å². The van der Waals surface area contributed by atoms with Gasteiger partial charge in [0.1, 0.15) is 12.1 Å². The number of aryl methyl sites for hydroxylation is 1. The molecule has 0 aliphatic rings. The summed E-state index contributed by atoms with van der Waals surface area (Å²) >= 11 is 0. The summed E-state index contributed by atoms with van der Waals surface area (Å²) in [6.45, 7) is 7.81. The molecule has 0 unspecified atom stereocenters. The van der Waals surface area contributed by atoms with Crippen LogP contribution in [0.4, 0.5) is 5.82 Å². The number of allylic oxidation sites excluding steroid dienone is 3. The number of carbonyl (C=O) groups excluding carboxylic acids is 1. The maximum Gasteiger partial charge on any atom is 0.253 e. The Morgan fingerprint density at radius 3 is 2.85 bits per heavy atom. The predicted octanol–water partition coefficient (Wildman–Crippen LogP) is 2.21. The molecule has 0 fully saturated rings. The van der Waals surface area contributed by atoms with Crippen LogP contribution in [0.5, 0.6) is 0 Å². The summed E-state index contributed by atoms with van der Waals surface area (Å²) < 4.78 is 0. The van der Waals surface area contributed by atoms with Crippen LogP contribution in [-0.4, -0.2) is 22.9 Å². The average molecular weight is 272 g/mol. The molecular formula is C15H20N4O. The zero-order chi connectivity index (χ0) is 15.0. The van der Waals surface area contributed by atoms with Crippen LogP contribution >= 0.6 is 0 Å². The van der Waals surface area contributed by atoms with Crippen molar-refractivity contribution in [2.45, 2.75) is 20.3 Å². The summed E-state index contributed by atoms with van der Waals surface area (Å²) in [7, 11) is 1.58. The third-order valence-electron chi connectivity index (χ3n) is 2.69. The predicted molar refractivity (Wildman–Crippen MR) is 81.1 cm³/mol. The fourth-order valence-electron chi connectivity index (χ4n) is 1.58. The lowest BCUT2D eigenvalue weighted by Gasteiger charge is -2.13. The molecule has 5 heteroatoms. The molecule has 1 aromatic rings. The van der Waals surface area contributed by atoms with Crippen molar-refractivity contribution in [2.24, 2.45) is 0 Å². The van der Waals surface area contributed by atoms with E-state index in [1.807, 2.05) is 19.9 Å². The Hall–Kier alpha value is -2.43. The number of rotatable bonds is 6. The standard InChI is InChI=1S/C15H20N4O/c1-5-7-8-13(15(20)16-4)11(3)19-14-12(6-2)9-17-10-18-14/h5,7-10H,3,6H2,1-2,4H3,(H,16,20)(H,17,18,19)/b7-5-,13-8+. The van der Waals surface area contributed by atoms with E-state index in [0.717, 1.165) is 12.0 Å². The Kier molecular flexibility index (Phi) is 6.16. The molecule has 0 saturated heterocycles. The van der Waals surface area contributed by atoms with Crippen LogP contribution in [0.2, 0.25) is 0 Å². The molecule has 1 heterocycles. The van der Waals surface area contributed by atoms with E-state index in [0.29, 0.717) is 17.1 Å². The highest BCUT2D eigenvalue weighted by Gasteiger charge is 2.12. The van der Waals surface area contributed by atoms with Gasteiger partial charge < -0.3 is 10.6 Å². The van der Waals surface area contributed by atoms with Gasteiger partial charge in [0.25, 0.3) is 5.91 Å². The molecule has 1 aromatic heterocycles. The highest BCUT2D eigenvalue weighted by molar-refractivity contribution is 5.98. The number of carbonyl (C=O) groups is 1. The van der Waals surface area contributed by atoms with Gasteiger partial charge in [-0.05, 0) is 19.4 Å². The van der Waals surface area contributed by atoms with Crippen LogP contribution < -0.4 is 10.6 Å². The van der Waals surface area contributed by atoms with Crippen molar-refractivity contribution >= 4 is 11.7 Å². The molecule has 5 nitrogen and oxygen atoms in total. The highest BCUT2D eigenvalue weighted by Crippen LogP contribution is 2.16. The molecule has 20 heavy (non-hydrogen) atoms. The van der Waals surface area contributed by atoms with Crippen LogP contribution in [0.1, 0.15) is 19.4 Å². The van der Waals surface area contributed by atoms with E-state index in [4.69, 9.17) is 0 Å². The first kappa shape index (κ1) is 15.6. The summed E-state index contributed by atoms with van der Waals surface area (Å²) in [5.74, 6) is 0.468. The third kappa shape index (κ3) is 4.05. The molecule has 0 bridgehead atoms. The van der Waals surface area contributed by atoms with Gasteiger partial charge in [-0.2, -0.15) is 0 Å². The number of nitrogens with one attached hydrogen (secondary N) is 2. The van der Waals surface area contributed by atoms with E-state index in [1.165, 1.54) is 6.33 Å². The molecule has 2 N–H and O–H groups in total. The molecule has 1 rings (SSSR count). The summed E-state index contributed by atoms with van der Waals surface area (Å²) in [6.07, 6.45) is 9.35. The topological polar surface area (TPSA) is 66.9 Å². The molecule has 0 saturated carbocycles. The molecule has 0 aromatic carbocycles. The minimum Gasteiger partial charge on any atom is -0.355 e. The summed E-state index contributed by atoms with van der Waals surface area (Å²) in [4.78, 5) is 20.0. The van der Waals surface area contributed by atoms with Crippen LogP contribution in [0.3, 0.4) is 0 Å². The van der Waals surface area contributed by atoms with Crippen molar-refractivity contribution in [1.29, 1.82) is 0 Å². The van der Waals surface area contributed by atoms with Gasteiger partial charge in [0.05, 0.1) is 5.57 Å². The normalized spacial score (nSPS) is 11.4. The second-order valence-electron chi connectivity index (χ2n) is 4.04. The lowest BCUT2D eigenvalue weighted by Crippen LogP contribution is -2.23. The van der Waals surface area contributed by atoms with Gasteiger partial charge in [0, 0.05) is 24.5 Å². The molecule has 0 aliphatic heterocycles. The van der Waals surface area contributed by atoms with Crippen LogP contribution in [0, 0.1) is 0 Å². The number of hydrogen-bond donors (Lipinski definition) is 2. The Labute approximate surface area is 119 Å². The fraction of sp³-hybridized carbons (Fsp3) is 0.267. The number of anilines is 1. The smallest absolute Gasteiger partial charge is 0.253 e. The molecule has 0 aliphatic carbocycles. The van der Waals surface area contributed by atoms with E-state index in [1.54, 1.807) is 25.4 Å². The number of likely N-dealkylation sites (N-methyl/N-ethyl adjacent to an activating group) is 1. The van der Waals surface area contributed by atoms with E-state index >= 15 is 0 Å². The molecule has 1 amide bonds. The zero-order valence-corrected chi connectivity index (χ0v) is 12.1. The van der Waals surface area contributed by atoms with Crippen molar-refractivity contribution in [1.82, 2.24) is 15.3 Å². The van der Waals surface area contributed by atoms with Crippen LogP contribution in [-0.2, 0) is 11.2 Å². The number of aromatic nitrogens is 2. The maximum atomic E-state index is 11.9. The van der Waals surface area contributed by atoms with Crippen LogP contribution in [0.15, 0.2) is 48.6 Å². The molecule has 0 radical (unpaired) electrons. The minimum absolute atomic E-state index is 0.201.